The normalized spacial score (nSPS) is 20.2. The van der Waals surface area contributed by atoms with Crippen LogP contribution in [0.25, 0.3) is 0 Å². The van der Waals surface area contributed by atoms with Crippen molar-refractivity contribution >= 4 is 44.8 Å². The van der Waals surface area contributed by atoms with Crippen molar-refractivity contribution in [2.45, 2.75) is 69.7 Å². The van der Waals surface area contributed by atoms with E-state index in [4.69, 9.17) is 37.4 Å². The second-order valence-electron chi connectivity index (χ2n) is 12.7. The SMILES string of the molecule is COc1ccc(S(=O)(=O)Nc2ccc3c(c2)C(=O)N([C@@H](C)CO)C[C@@H](C)[C@H](CN(C)Cc2ccc(Cl)c(Cl)c2)OCCCC[C@@H](C)O3)cc1. The van der Waals surface area contributed by atoms with Crippen LogP contribution in [0.3, 0.4) is 0 Å². The number of halogens is 2. The van der Waals surface area contributed by atoms with E-state index < -0.39 is 16.1 Å². The van der Waals surface area contributed by atoms with Crippen LogP contribution < -0.4 is 14.2 Å². The van der Waals surface area contributed by atoms with Crippen LogP contribution in [0.5, 0.6) is 11.5 Å². The van der Waals surface area contributed by atoms with E-state index in [0.717, 1.165) is 24.8 Å². The first kappa shape index (κ1) is 38.7. The lowest BCUT2D eigenvalue weighted by Crippen LogP contribution is -2.47. The van der Waals surface area contributed by atoms with Gasteiger partial charge in [0, 0.05) is 37.8 Å². The molecule has 1 aliphatic rings. The molecule has 4 rings (SSSR count). The Balaban J connectivity index is 1.63. The van der Waals surface area contributed by atoms with Gasteiger partial charge in [0.05, 0.1) is 52.5 Å². The summed E-state index contributed by atoms with van der Waals surface area (Å²) in [6.07, 6.45) is 1.98. The summed E-state index contributed by atoms with van der Waals surface area (Å²) >= 11 is 12.4. The first-order valence-corrected chi connectivity index (χ1v) is 18.7. The summed E-state index contributed by atoms with van der Waals surface area (Å²) in [6.45, 7) is 7.53. The Kier molecular flexibility index (Phi) is 14.0. The highest BCUT2D eigenvalue weighted by molar-refractivity contribution is 7.92. The summed E-state index contributed by atoms with van der Waals surface area (Å²) in [5.74, 6) is 0.359. The van der Waals surface area contributed by atoms with E-state index in [0.29, 0.717) is 41.2 Å². The molecule has 0 aliphatic carbocycles. The minimum atomic E-state index is -3.98. The average Bonchev–Trinajstić information content (AvgIpc) is 3.07. The average molecular weight is 737 g/mol. The molecule has 0 fully saturated rings. The molecule has 13 heteroatoms. The van der Waals surface area contributed by atoms with Gasteiger partial charge in [-0.1, -0.05) is 36.2 Å². The lowest BCUT2D eigenvalue weighted by atomic mass is 10.0. The van der Waals surface area contributed by atoms with Gasteiger partial charge in [-0.2, -0.15) is 0 Å². The zero-order valence-corrected chi connectivity index (χ0v) is 31.0. The maximum atomic E-state index is 14.4. The minimum Gasteiger partial charge on any atom is -0.497 e. The molecule has 49 heavy (non-hydrogen) atoms. The standard InChI is InChI=1S/C36H47Cl2N3O7S/c1-24-20-41(25(2)23-42)36(43)31-19-28(39-49(44,45)30-13-11-29(46-5)12-14-30)10-16-34(31)48-26(3)8-6-7-17-47-35(24)22-40(4)21-27-9-15-32(37)33(38)18-27/h9-16,18-19,24-26,35,39,42H,6-8,17,20-23H2,1-5H3/t24-,25+,26-,35+/m1/s1. The number of likely N-dealkylation sites (N-methyl/N-ethyl adjacent to an activating group) is 1. The van der Waals surface area contributed by atoms with Gasteiger partial charge in [0.25, 0.3) is 15.9 Å². The number of nitrogens with one attached hydrogen (secondary N) is 1. The van der Waals surface area contributed by atoms with Crippen LogP contribution in [0.2, 0.25) is 10.0 Å². The quantitative estimate of drug-likeness (QED) is 0.236. The van der Waals surface area contributed by atoms with Gasteiger partial charge < -0.3 is 24.2 Å². The molecule has 3 aromatic rings. The maximum absolute atomic E-state index is 14.4. The fourth-order valence-corrected chi connectivity index (χ4v) is 7.11. The number of amides is 1. The van der Waals surface area contributed by atoms with Gasteiger partial charge in [0.15, 0.2) is 0 Å². The number of benzene rings is 3. The molecule has 1 heterocycles. The zero-order chi connectivity index (χ0) is 35.7. The van der Waals surface area contributed by atoms with Gasteiger partial charge in [-0.25, -0.2) is 8.42 Å². The van der Waals surface area contributed by atoms with Gasteiger partial charge in [-0.05, 0) is 100 Å². The van der Waals surface area contributed by atoms with Gasteiger partial charge in [-0.15, -0.1) is 0 Å². The number of nitrogens with zero attached hydrogens (tertiary/aromatic N) is 2. The highest BCUT2D eigenvalue weighted by Crippen LogP contribution is 2.30. The number of aliphatic hydroxyl groups excluding tert-OH is 1. The Morgan fingerprint density at radius 1 is 1.06 bits per heavy atom. The van der Waals surface area contributed by atoms with E-state index in [9.17, 15) is 18.3 Å². The third-order valence-corrected chi connectivity index (χ3v) is 10.7. The summed E-state index contributed by atoms with van der Waals surface area (Å²) in [7, 11) is -0.467. The molecule has 0 spiro atoms. The van der Waals surface area contributed by atoms with Crippen LogP contribution in [0, 0.1) is 5.92 Å². The summed E-state index contributed by atoms with van der Waals surface area (Å²) < 4.78 is 47.0. The van der Waals surface area contributed by atoms with Crippen molar-refractivity contribution in [3.8, 4) is 11.5 Å². The first-order chi connectivity index (χ1) is 23.3. The Bertz CT molecular complexity index is 1660. The van der Waals surface area contributed by atoms with Crippen LogP contribution in [0.4, 0.5) is 5.69 Å². The number of anilines is 1. The van der Waals surface area contributed by atoms with E-state index in [1.54, 1.807) is 42.2 Å². The van der Waals surface area contributed by atoms with Gasteiger partial charge in [0.2, 0.25) is 0 Å². The molecule has 0 saturated carbocycles. The van der Waals surface area contributed by atoms with Crippen LogP contribution >= 0.6 is 23.2 Å². The third kappa shape index (κ3) is 10.7. The molecule has 268 valence electrons. The molecule has 0 radical (unpaired) electrons. The number of rotatable bonds is 10. The number of fused-ring (bicyclic) bond motifs is 1. The van der Waals surface area contributed by atoms with Gasteiger partial charge >= 0.3 is 0 Å². The lowest BCUT2D eigenvalue weighted by molar-refractivity contribution is -0.0177. The van der Waals surface area contributed by atoms with Crippen molar-refractivity contribution in [3.63, 3.8) is 0 Å². The summed E-state index contributed by atoms with van der Waals surface area (Å²) in [5, 5.41) is 11.3. The predicted octanol–water partition coefficient (Wildman–Crippen LogP) is 6.73. The Hall–Kier alpha value is -3.06. The molecule has 0 unspecified atom stereocenters. The monoisotopic (exact) mass is 735 g/mol. The highest BCUT2D eigenvalue weighted by atomic mass is 35.5. The molecular weight excluding hydrogens is 689 g/mol. The number of ether oxygens (including phenoxy) is 3. The number of methoxy groups -OCH3 is 1. The second kappa shape index (κ2) is 17.7. The summed E-state index contributed by atoms with van der Waals surface area (Å²) in [4.78, 5) is 18.2. The number of carbonyl (C=O) groups is 1. The topological polar surface area (TPSA) is 118 Å². The fourth-order valence-electron chi connectivity index (χ4n) is 5.74. The Morgan fingerprint density at radius 3 is 2.47 bits per heavy atom. The first-order valence-electron chi connectivity index (χ1n) is 16.4. The molecule has 4 atom stereocenters. The number of hydrogen-bond acceptors (Lipinski definition) is 8. The Labute approximate surface area is 300 Å². The van der Waals surface area contributed by atoms with E-state index in [1.807, 2.05) is 33.0 Å². The van der Waals surface area contributed by atoms with Crippen LogP contribution in [-0.2, 0) is 21.3 Å². The highest BCUT2D eigenvalue weighted by Gasteiger charge is 2.31. The van der Waals surface area contributed by atoms with Crippen molar-refractivity contribution in [1.29, 1.82) is 0 Å². The van der Waals surface area contributed by atoms with E-state index in [1.165, 1.54) is 25.3 Å². The van der Waals surface area contributed by atoms with Gasteiger partial charge in [0.1, 0.15) is 11.5 Å². The fraction of sp³-hybridized carbons (Fsp3) is 0.472. The molecular formula is C36H47Cl2N3O7S. The molecule has 0 bridgehead atoms. The summed E-state index contributed by atoms with van der Waals surface area (Å²) in [6, 6.07) is 15.8. The molecule has 0 saturated heterocycles. The second-order valence-corrected chi connectivity index (χ2v) is 15.2. The minimum absolute atomic E-state index is 0.0455. The lowest BCUT2D eigenvalue weighted by Gasteiger charge is -2.36. The van der Waals surface area contributed by atoms with E-state index in [2.05, 4.69) is 9.62 Å². The van der Waals surface area contributed by atoms with E-state index >= 15 is 0 Å². The van der Waals surface area contributed by atoms with Crippen molar-refractivity contribution in [2.24, 2.45) is 5.92 Å². The van der Waals surface area contributed by atoms with Crippen molar-refractivity contribution in [3.05, 3.63) is 81.8 Å². The zero-order valence-electron chi connectivity index (χ0n) is 28.7. The number of carbonyl (C=O) groups excluding carboxylic acids is 1. The predicted molar refractivity (Wildman–Crippen MR) is 193 cm³/mol. The van der Waals surface area contributed by atoms with E-state index in [-0.39, 0.29) is 53.3 Å². The molecule has 1 amide bonds. The smallest absolute Gasteiger partial charge is 0.261 e. The van der Waals surface area contributed by atoms with Crippen molar-refractivity contribution < 1.29 is 32.5 Å². The van der Waals surface area contributed by atoms with Crippen LogP contribution in [-0.4, -0.2) is 87.9 Å². The molecule has 3 aromatic carbocycles. The molecule has 0 aromatic heterocycles. The summed E-state index contributed by atoms with van der Waals surface area (Å²) in [5.41, 5.74) is 1.41. The number of aliphatic hydroxyl groups is 1. The van der Waals surface area contributed by atoms with Crippen LogP contribution in [0.15, 0.2) is 65.6 Å². The van der Waals surface area contributed by atoms with Crippen molar-refractivity contribution in [2.75, 3.05) is 45.2 Å². The number of hydrogen-bond donors (Lipinski definition) is 2. The maximum Gasteiger partial charge on any atom is 0.261 e. The van der Waals surface area contributed by atoms with Crippen LogP contribution in [0.1, 0.15) is 56.0 Å². The Morgan fingerprint density at radius 2 is 1.80 bits per heavy atom. The molecule has 2 N–H and O–H groups in total. The third-order valence-electron chi connectivity index (χ3n) is 8.60. The molecule has 10 nitrogen and oxygen atoms in total. The van der Waals surface area contributed by atoms with Crippen molar-refractivity contribution in [1.82, 2.24) is 9.80 Å². The molecule has 1 aliphatic heterocycles. The largest absolute Gasteiger partial charge is 0.497 e. The number of sulfonamides is 1. The van der Waals surface area contributed by atoms with Gasteiger partial charge in [-0.3, -0.25) is 14.4 Å².